The zero-order valence-electron chi connectivity index (χ0n) is 21.0. The maximum absolute atomic E-state index is 13.4. The summed E-state index contributed by atoms with van der Waals surface area (Å²) >= 11 is 0. The predicted octanol–water partition coefficient (Wildman–Crippen LogP) is 2.94. The van der Waals surface area contributed by atoms with Crippen LogP contribution in [0.3, 0.4) is 0 Å². The Morgan fingerprint density at radius 3 is 2.57 bits per heavy atom. The minimum Gasteiger partial charge on any atom is -0.507 e. The van der Waals surface area contributed by atoms with Crippen LogP contribution in [0.5, 0.6) is 5.75 Å². The molecule has 0 aliphatic carbocycles. The van der Waals surface area contributed by atoms with Gasteiger partial charge in [-0.25, -0.2) is 4.68 Å². The third-order valence-electron chi connectivity index (χ3n) is 6.98. The van der Waals surface area contributed by atoms with Gasteiger partial charge in [-0.2, -0.15) is 5.10 Å². The number of amides is 1. The Kier molecular flexibility index (Phi) is 7.07. The fourth-order valence-corrected chi connectivity index (χ4v) is 4.96. The highest BCUT2D eigenvalue weighted by Gasteiger charge is 2.46. The molecule has 5 rings (SSSR count). The minimum absolute atomic E-state index is 0.0518. The lowest BCUT2D eigenvalue weighted by molar-refractivity contribution is -0.140. The van der Waals surface area contributed by atoms with E-state index in [1.807, 2.05) is 49.4 Å². The summed E-state index contributed by atoms with van der Waals surface area (Å²) in [5.74, 6) is -0.973. The molecule has 2 aliphatic heterocycles. The van der Waals surface area contributed by atoms with E-state index in [-0.39, 0.29) is 11.3 Å². The van der Waals surface area contributed by atoms with Crippen LogP contribution in [0.4, 0.5) is 0 Å². The number of hydrogen-bond acceptors (Lipinski definition) is 7. The number of aromatic nitrogens is 2. The molecule has 2 aliphatic rings. The average Bonchev–Trinajstić information content (AvgIpc) is 3.45. The van der Waals surface area contributed by atoms with Crippen molar-refractivity contribution in [2.75, 3.05) is 46.5 Å². The predicted molar refractivity (Wildman–Crippen MR) is 138 cm³/mol. The number of hydrogen-bond donors (Lipinski definition) is 1. The largest absolute Gasteiger partial charge is 0.507 e. The molecule has 3 heterocycles. The highest BCUT2D eigenvalue weighted by molar-refractivity contribution is 6.46. The molecule has 9 heteroatoms. The first-order chi connectivity index (χ1) is 18.0. The molecule has 37 heavy (non-hydrogen) atoms. The molecule has 0 unspecified atom stereocenters. The Bertz CT molecular complexity index is 1330. The number of aliphatic hydroxyl groups is 1. The molecule has 3 aromatic rings. The van der Waals surface area contributed by atoms with E-state index < -0.39 is 17.7 Å². The van der Waals surface area contributed by atoms with Crippen LogP contribution in [0.1, 0.15) is 22.9 Å². The number of Topliss-reactive ketones (excluding diaryl/α,β-unsaturated/α-hetero) is 1. The molecule has 1 aromatic heterocycles. The number of carbonyl (C=O) groups is 2. The topological polar surface area (TPSA) is 97.1 Å². The van der Waals surface area contributed by atoms with Gasteiger partial charge >= 0.3 is 0 Å². The number of aliphatic hydroxyl groups excluding tert-OH is 1. The lowest BCUT2D eigenvalue weighted by atomic mass is 9.95. The van der Waals surface area contributed by atoms with E-state index in [0.29, 0.717) is 48.9 Å². The van der Waals surface area contributed by atoms with E-state index in [1.54, 1.807) is 28.8 Å². The number of para-hydroxylation sites is 1. The van der Waals surface area contributed by atoms with Crippen molar-refractivity contribution in [3.63, 3.8) is 0 Å². The fourth-order valence-electron chi connectivity index (χ4n) is 4.96. The van der Waals surface area contributed by atoms with E-state index in [9.17, 15) is 14.7 Å². The van der Waals surface area contributed by atoms with Gasteiger partial charge in [0.05, 0.1) is 55.1 Å². The van der Waals surface area contributed by atoms with E-state index in [4.69, 9.17) is 9.47 Å². The lowest BCUT2D eigenvalue weighted by Gasteiger charge is -2.31. The third kappa shape index (κ3) is 4.75. The molecule has 2 fully saturated rings. The number of ether oxygens (including phenoxy) is 2. The van der Waals surface area contributed by atoms with Crippen LogP contribution in [0.25, 0.3) is 11.4 Å². The van der Waals surface area contributed by atoms with Crippen LogP contribution in [0, 0.1) is 6.92 Å². The van der Waals surface area contributed by atoms with Crippen molar-refractivity contribution in [1.82, 2.24) is 19.6 Å². The van der Waals surface area contributed by atoms with Crippen LogP contribution < -0.4 is 4.74 Å². The fraction of sp³-hybridized carbons (Fsp3) is 0.321. The first kappa shape index (κ1) is 24.7. The van der Waals surface area contributed by atoms with Crippen molar-refractivity contribution >= 4 is 17.4 Å². The summed E-state index contributed by atoms with van der Waals surface area (Å²) in [6, 6.07) is 16.0. The number of methoxy groups -OCH3 is 1. The van der Waals surface area contributed by atoms with Gasteiger partial charge < -0.3 is 19.5 Å². The Labute approximate surface area is 215 Å². The number of morpholine rings is 1. The molecular formula is C28H30N4O5. The molecule has 0 bridgehead atoms. The maximum Gasteiger partial charge on any atom is 0.295 e. The number of carbonyl (C=O) groups excluding carboxylic acids is 2. The van der Waals surface area contributed by atoms with Crippen molar-refractivity contribution in [2.24, 2.45) is 0 Å². The summed E-state index contributed by atoms with van der Waals surface area (Å²) in [7, 11) is 1.57. The first-order valence-electron chi connectivity index (χ1n) is 12.3. The summed E-state index contributed by atoms with van der Waals surface area (Å²) in [6.07, 6.45) is 1.53. The number of benzene rings is 2. The van der Waals surface area contributed by atoms with Gasteiger partial charge in [-0.15, -0.1) is 0 Å². The molecule has 0 spiro atoms. The average molecular weight is 503 g/mol. The van der Waals surface area contributed by atoms with Gasteiger partial charge in [-0.1, -0.05) is 30.3 Å². The quantitative estimate of drug-likeness (QED) is 0.301. The summed E-state index contributed by atoms with van der Waals surface area (Å²) in [5, 5.41) is 15.9. The molecule has 2 saturated heterocycles. The standard InChI is InChI=1S/C28H30N4O5/c1-19-23(18-29-32(19)21-8-4-3-5-9-21)26(33)24-25(20-7-6-10-22(17-20)36-2)31(28(35)27(24)34)12-11-30-13-15-37-16-14-30/h3-10,17-18,25,33H,11-16H2,1-2H3/b26-24+/t25-/m1/s1. The normalized spacial score (nSPS) is 19.9. The highest BCUT2D eigenvalue weighted by Crippen LogP contribution is 2.40. The molecule has 2 aromatic carbocycles. The van der Waals surface area contributed by atoms with Crippen LogP contribution >= 0.6 is 0 Å². The first-order valence-corrected chi connectivity index (χ1v) is 12.3. The van der Waals surface area contributed by atoms with Gasteiger partial charge in [0.15, 0.2) is 0 Å². The second-order valence-corrected chi connectivity index (χ2v) is 9.11. The Balaban J connectivity index is 1.57. The number of likely N-dealkylation sites (tertiary alicyclic amines) is 1. The van der Waals surface area contributed by atoms with Gasteiger partial charge in [-0.05, 0) is 36.8 Å². The SMILES string of the molecule is COc1cccc([C@@H]2/C(=C(\O)c3cnn(-c4ccccc4)c3C)C(=O)C(=O)N2CCN2CCOCC2)c1. The summed E-state index contributed by atoms with van der Waals surface area (Å²) in [5.41, 5.74) is 2.64. The molecule has 9 nitrogen and oxygen atoms in total. The third-order valence-corrected chi connectivity index (χ3v) is 6.98. The zero-order chi connectivity index (χ0) is 25.9. The van der Waals surface area contributed by atoms with Crippen LogP contribution in [0.2, 0.25) is 0 Å². The van der Waals surface area contributed by atoms with E-state index in [0.717, 1.165) is 18.8 Å². The molecule has 1 amide bonds. The van der Waals surface area contributed by atoms with Crippen molar-refractivity contribution in [2.45, 2.75) is 13.0 Å². The smallest absolute Gasteiger partial charge is 0.295 e. The second kappa shape index (κ2) is 10.6. The van der Waals surface area contributed by atoms with Gasteiger partial charge in [0.1, 0.15) is 11.5 Å². The van der Waals surface area contributed by atoms with Crippen LogP contribution in [-0.2, 0) is 14.3 Å². The van der Waals surface area contributed by atoms with Gasteiger partial charge in [0, 0.05) is 26.2 Å². The summed E-state index contributed by atoms with van der Waals surface area (Å²) in [6.45, 7) is 5.58. The Hall–Kier alpha value is -3.95. The number of rotatable bonds is 7. The van der Waals surface area contributed by atoms with Gasteiger partial charge in [-0.3, -0.25) is 14.5 Å². The van der Waals surface area contributed by atoms with Gasteiger partial charge in [0.25, 0.3) is 11.7 Å². The van der Waals surface area contributed by atoms with Crippen molar-refractivity contribution < 1.29 is 24.2 Å². The van der Waals surface area contributed by atoms with Gasteiger partial charge in [0.2, 0.25) is 0 Å². The summed E-state index contributed by atoms with van der Waals surface area (Å²) in [4.78, 5) is 30.5. The molecule has 1 N–H and O–H groups in total. The summed E-state index contributed by atoms with van der Waals surface area (Å²) < 4.78 is 12.5. The zero-order valence-corrected chi connectivity index (χ0v) is 21.0. The lowest BCUT2D eigenvalue weighted by Crippen LogP contribution is -2.42. The van der Waals surface area contributed by atoms with Crippen LogP contribution in [-0.4, -0.2) is 82.9 Å². The number of nitrogens with zero attached hydrogens (tertiary/aromatic N) is 4. The van der Waals surface area contributed by atoms with Crippen LogP contribution in [0.15, 0.2) is 66.4 Å². The molecule has 1 atom stereocenters. The van der Waals surface area contributed by atoms with Crippen molar-refractivity contribution in [3.8, 4) is 11.4 Å². The highest BCUT2D eigenvalue weighted by atomic mass is 16.5. The number of ketones is 1. The van der Waals surface area contributed by atoms with Crippen molar-refractivity contribution in [1.29, 1.82) is 0 Å². The molecule has 0 radical (unpaired) electrons. The molecular weight excluding hydrogens is 472 g/mol. The van der Waals surface area contributed by atoms with E-state index in [1.165, 1.54) is 6.20 Å². The van der Waals surface area contributed by atoms with Crippen molar-refractivity contribution in [3.05, 3.63) is 83.2 Å². The monoisotopic (exact) mass is 502 g/mol. The Morgan fingerprint density at radius 1 is 1.08 bits per heavy atom. The van der Waals surface area contributed by atoms with E-state index in [2.05, 4.69) is 10.00 Å². The molecule has 192 valence electrons. The minimum atomic E-state index is -0.754. The van der Waals surface area contributed by atoms with E-state index >= 15 is 0 Å². The maximum atomic E-state index is 13.4. The Morgan fingerprint density at radius 2 is 1.84 bits per heavy atom. The second-order valence-electron chi connectivity index (χ2n) is 9.11. The molecule has 0 saturated carbocycles.